The molecule has 0 unspecified atom stereocenters. The van der Waals surface area contributed by atoms with E-state index < -0.39 is 23.6 Å². The summed E-state index contributed by atoms with van der Waals surface area (Å²) in [6.07, 6.45) is -2.97. The zero-order valence-electron chi connectivity index (χ0n) is 10.5. The molecule has 0 bridgehead atoms. The van der Waals surface area contributed by atoms with Crippen LogP contribution in [-0.4, -0.2) is 11.8 Å². The van der Waals surface area contributed by atoms with Crippen LogP contribution in [0.2, 0.25) is 0 Å². The number of carbonyl (C=O) groups is 2. The molecular weight excluding hydrogens is 273 g/mol. The van der Waals surface area contributed by atoms with Gasteiger partial charge in [0.2, 0.25) is 11.8 Å². The molecule has 7 heteroatoms. The Morgan fingerprint density at radius 1 is 1.05 bits per heavy atom. The average Bonchev–Trinajstić information content (AvgIpc) is 2.50. The molecule has 0 radical (unpaired) electrons. The van der Waals surface area contributed by atoms with Crippen molar-refractivity contribution < 1.29 is 22.8 Å². The van der Waals surface area contributed by atoms with Crippen molar-refractivity contribution in [2.45, 2.75) is 31.9 Å². The van der Waals surface area contributed by atoms with Crippen molar-refractivity contribution in [3.63, 3.8) is 0 Å². The fourth-order valence-electron chi connectivity index (χ4n) is 2.12. The molecule has 1 aromatic rings. The zero-order chi connectivity index (χ0) is 14.9. The first-order valence-electron chi connectivity index (χ1n) is 6.13. The van der Waals surface area contributed by atoms with E-state index in [9.17, 15) is 22.8 Å². The van der Waals surface area contributed by atoms with Gasteiger partial charge >= 0.3 is 6.18 Å². The Hall–Kier alpha value is -2.05. The number of anilines is 2. The third kappa shape index (κ3) is 2.76. The zero-order valence-corrected chi connectivity index (χ0v) is 10.5. The fourth-order valence-corrected chi connectivity index (χ4v) is 2.12. The number of hydrogen-bond acceptors (Lipinski definition) is 3. The molecule has 0 atom stereocenters. The van der Waals surface area contributed by atoms with Crippen LogP contribution in [0.15, 0.2) is 18.2 Å². The van der Waals surface area contributed by atoms with E-state index in [0.29, 0.717) is 12.8 Å². The van der Waals surface area contributed by atoms with Gasteiger partial charge in [-0.25, -0.2) is 4.90 Å². The highest BCUT2D eigenvalue weighted by Gasteiger charge is 2.33. The second kappa shape index (κ2) is 5.15. The number of alkyl halides is 3. The highest BCUT2D eigenvalue weighted by Crippen LogP contribution is 2.35. The third-order valence-corrected chi connectivity index (χ3v) is 3.13. The van der Waals surface area contributed by atoms with Gasteiger partial charge in [-0.2, -0.15) is 13.2 Å². The number of rotatable bonds is 1. The topological polar surface area (TPSA) is 63.4 Å². The van der Waals surface area contributed by atoms with Gasteiger partial charge in [-0.3, -0.25) is 9.59 Å². The second-order valence-corrected chi connectivity index (χ2v) is 4.60. The molecule has 1 fully saturated rings. The molecule has 108 valence electrons. The monoisotopic (exact) mass is 286 g/mol. The van der Waals surface area contributed by atoms with Crippen molar-refractivity contribution in [2.75, 3.05) is 10.6 Å². The number of hydrogen-bond donors (Lipinski definition) is 1. The minimum Gasteiger partial charge on any atom is -0.397 e. The van der Waals surface area contributed by atoms with E-state index in [1.807, 2.05) is 0 Å². The van der Waals surface area contributed by atoms with Gasteiger partial charge in [0.05, 0.1) is 16.9 Å². The van der Waals surface area contributed by atoms with Crippen LogP contribution in [0.3, 0.4) is 0 Å². The summed E-state index contributed by atoms with van der Waals surface area (Å²) in [5.74, 6) is -0.863. The van der Waals surface area contributed by atoms with Crippen molar-refractivity contribution >= 4 is 23.2 Å². The molecule has 1 saturated heterocycles. The van der Waals surface area contributed by atoms with E-state index in [1.165, 1.54) is 0 Å². The molecule has 2 amide bonds. The Morgan fingerprint density at radius 2 is 1.60 bits per heavy atom. The Balaban J connectivity index is 2.41. The Morgan fingerprint density at radius 3 is 2.05 bits per heavy atom. The number of amides is 2. The van der Waals surface area contributed by atoms with E-state index in [0.717, 1.165) is 23.1 Å². The van der Waals surface area contributed by atoms with Crippen LogP contribution < -0.4 is 10.6 Å². The first kappa shape index (κ1) is 14.4. The summed E-state index contributed by atoms with van der Waals surface area (Å²) in [6.45, 7) is 0. The largest absolute Gasteiger partial charge is 0.416 e. The van der Waals surface area contributed by atoms with Gasteiger partial charge in [0.15, 0.2) is 0 Å². The summed E-state index contributed by atoms with van der Waals surface area (Å²) < 4.78 is 37.7. The Bertz CT molecular complexity index is 537. The van der Waals surface area contributed by atoms with Crippen molar-refractivity contribution in [1.29, 1.82) is 0 Å². The third-order valence-electron chi connectivity index (χ3n) is 3.13. The maximum atomic E-state index is 12.6. The molecule has 20 heavy (non-hydrogen) atoms. The number of imide groups is 1. The average molecular weight is 286 g/mol. The first-order valence-corrected chi connectivity index (χ1v) is 6.13. The maximum absolute atomic E-state index is 12.6. The van der Waals surface area contributed by atoms with Crippen molar-refractivity contribution in [1.82, 2.24) is 0 Å². The van der Waals surface area contributed by atoms with Crippen molar-refractivity contribution in [3.05, 3.63) is 23.8 Å². The van der Waals surface area contributed by atoms with E-state index in [2.05, 4.69) is 0 Å². The van der Waals surface area contributed by atoms with Crippen molar-refractivity contribution in [2.24, 2.45) is 0 Å². The molecule has 0 spiro atoms. The molecule has 0 aromatic heterocycles. The number of benzene rings is 1. The highest BCUT2D eigenvalue weighted by molar-refractivity contribution is 6.16. The number of nitrogen functional groups attached to an aromatic ring is 1. The SMILES string of the molecule is Nc1cc(C(F)(F)F)ccc1N1C(=O)CCCCC1=O. The van der Waals surface area contributed by atoms with Crippen LogP contribution in [-0.2, 0) is 15.8 Å². The summed E-state index contributed by atoms with van der Waals surface area (Å²) in [7, 11) is 0. The summed E-state index contributed by atoms with van der Waals surface area (Å²) >= 11 is 0. The van der Waals surface area contributed by atoms with Gasteiger partial charge < -0.3 is 5.73 Å². The molecule has 1 aliphatic rings. The molecule has 0 saturated carbocycles. The molecule has 4 nitrogen and oxygen atoms in total. The second-order valence-electron chi connectivity index (χ2n) is 4.60. The number of nitrogens with two attached hydrogens (primary N) is 1. The fraction of sp³-hybridized carbons (Fsp3) is 0.385. The van der Waals surface area contributed by atoms with E-state index in [1.54, 1.807) is 0 Å². The summed E-state index contributed by atoms with van der Waals surface area (Å²) in [6, 6.07) is 2.62. The smallest absolute Gasteiger partial charge is 0.397 e. The predicted octanol–water partition coefficient (Wildman–Crippen LogP) is 2.72. The Labute approximate surface area is 113 Å². The quantitative estimate of drug-likeness (QED) is 0.637. The molecular formula is C13H13F3N2O2. The molecule has 0 aliphatic carbocycles. The molecule has 1 aliphatic heterocycles. The van der Waals surface area contributed by atoms with E-state index in [4.69, 9.17) is 5.73 Å². The van der Waals surface area contributed by atoms with Crippen molar-refractivity contribution in [3.8, 4) is 0 Å². The molecule has 2 rings (SSSR count). The van der Waals surface area contributed by atoms with Crippen LogP contribution in [0.25, 0.3) is 0 Å². The first-order chi connectivity index (χ1) is 9.30. The summed E-state index contributed by atoms with van der Waals surface area (Å²) in [4.78, 5) is 24.7. The van der Waals surface area contributed by atoms with Gasteiger partial charge in [0.25, 0.3) is 0 Å². The lowest BCUT2D eigenvalue weighted by atomic mass is 10.1. The molecule has 1 heterocycles. The summed E-state index contributed by atoms with van der Waals surface area (Å²) in [5.41, 5.74) is 4.46. The lowest BCUT2D eigenvalue weighted by molar-refractivity contribution is -0.137. The van der Waals surface area contributed by atoms with Gasteiger partial charge in [0.1, 0.15) is 0 Å². The number of nitrogens with zero attached hydrogens (tertiary/aromatic N) is 1. The minimum absolute atomic E-state index is 0.0231. The van der Waals surface area contributed by atoms with Crippen LogP contribution in [0.4, 0.5) is 24.5 Å². The summed E-state index contributed by atoms with van der Waals surface area (Å²) in [5, 5.41) is 0. The van der Waals surface area contributed by atoms with Gasteiger partial charge in [-0.15, -0.1) is 0 Å². The Kier molecular flexibility index (Phi) is 3.69. The van der Waals surface area contributed by atoms with Crippen LogP contribution >= 0.6 is 0 Å². The standard InChI is InChI=1S/C13H13F3N2O2/c14-13(15,16)8-5-6-10(9(17)7-8)18-11(19)3-1-2-4-12(18)20/h5-7H,1-4,17H2. The van der Waals surface area contributed by atoms with Crippen LogP contribution in [0, 0.1) is 0 Å². The maximum Gasteiger partial charge on any atom is 0.416 e. The van der Waals surface area contributed by atoms with Crippen LogP contribution in [0.5, 0.6) is 0 Å². The lowest BCUT2D eigenvalue weighted by Crippen LogP contribution is -2.35. The van der Waals surface area contributed by atoms with E-state index >= 15 is 0 Å². The lowest BCUT2D eigenvalue weighted by Gasteiger charge is -2.21. The van der Waals surface area contributed by atoms with Gasteiger partial charge in [-0.05, 0) is 31.0 Å². The highest BCUT2D eigenvalue weighted by atomic mass is 19.4. The predicted molar refractivity (Wildman–Crippen MR) is 66.8 cm³/mol. The molecule has 2 N–H and O–H groups in total. The number of halogens is 3. The normalized spacial score (nSPS) is 17.2. The number of carbonyl (C=O) groups excluding carboxylic acids is 2. The molecule has 1 aromatic carbocycles. The van der Waals surface area contributed by atoms with Crippen LogP contribution in [0.1, 0.15) is 31.2 Å². The van der Waals surface area contributed by atoms with Gasteiger partial charge in [0, 0.05) is 12.8 Å². The van der Waals surface area contributed by atoms with E-state index in [-0.39, 0.29) is 24.2 Å². The minimum atomic E-state index is -4.51. The van der Waals surface area contributed by atoms with Gasteiger partial charge in [-0.1, -0.05) is 0 Å².